The van der Waals surface area contributed by atoms with Crippen LogP contribution < -0.4 is 5.32 Å². The van der Waals surface area contributed by atoms with Crippen molar-refractivity contribution < 1.29 is 4.74 Å². The van der Waals surface area contributed by atoms with Crippen LogP contribution in [0.25, 0.3) is 0 Å². The summed E-state index contributed by atoms with van der Waals surface area (Å²) in [7, 11) is 0. The molecule has 2 unspecified atom stereocenters. The fourth-order valence-electron chi connectivity index (χ4n) is 2.25. The lowest BCUT2D eigenvalue weighted by Gasteiger charge is -2.27. The molecule has 0 aliphatic carbocycles. The van der Waals surface area contributed by atoms with Gasteiger partial charge in [-0.3, -0.25) is 0 Å². The van der Waals surface area contributed by atoms with E-state index in [0.29, 0.717) is 12.0 Å². The maximum Gasteiger partial charge on any atom is 0.0598 e. The van der Waals surface area contributed by atoms with Gasteiger partial charge in [-0.05, 0) is 45.2 Å². The third kappa shape index (κ3) is 6.22. The van der Waals surface area contributed by atoms with Gasteiger partial charge in [-0.1, -0.05) is 44.2 Å². The molecule has 2 nitrogen and oxygen atoms in total. The fraction of sp³-hybridized carbons (Fsp3) is 0.647. The average Bonchev–Trinajstić information content (AvgIpc) is 2.35. The molecule has 0 aromatic heterocycles. The molecule has 2 heteroatoms. The highest BCUT2D eigenvalue weighted by Crippen LogP contribution is 2.25. The summed E-state index contributed by atoms with van der Waals surface area (Å²) in [6, 6.07) is 11.1. The van der Waals surface area contributed by atoms with E-state index in [-0.39, 0.29) is 5.60 Å². The van der Waals surface area contributed by atoms with Crippen molar-refractivity contribution in [2.45, 2.75) is 52.7 Å². The molecule has 2 atom stereocenters. The predicted octanol–water partition coefficient (Wildman–Crippen LogP) is 4.18. The standard InChI is InChI=1S/C17H29NO/c1-6-18-16(15-10-8-7-9-11-15)14(2)12-13-19-17(3,4)5/h7-11,14,16,18H,6,12-13H2,1-5H3. The van der Waals surface area contributed by atoms with Gasteiger partial charge < -0.3 is 10.1 Å². The summed E-state index contributed by atoms with van der Waals surface area (Å²) in [4.78, 5) is 0. The van der Waals surface area contributed by atoms with Crippen LogP contribution in [-0.2, 0) is 4.74 Å². The summed E-state index contributed by atoms with van der Waals surface area (Å²) in [5.74, 6) is 0.560. The van der Waals surface area contributed by atoms with Crippen molar-refractivity contribution in [2.24, 2.45) is 5.92 Å². The Balaban J connectivity index is 2.56. The minimum Gasteiger partial charge on any atom is -0.376 e. The van der Waals surface area contributed by atoms with Gasteiger partial charge in [0.2, 0.25) is 0 Å². The Morgan fingerprint density at radius 3 is 2.32 bits per heavy atom. The Bertz CT molecular complexity index is 342. The molecule has 1 aromatic rings. The van der Waals surface area contributed by atoms with Gasteiger partial charge in [-0.25, -0.2) is 0 Å². The van der Waals surface area contributed by atoms with E-state index in [9.17, 15) is 0 Å². The monoisotopic (exact) mass is 263 g/mol. The minimum absolute atomic E-state index is 0.0415. The zero-order chi connectivity index (χ0) is 14.3. The van der Waals surface area contributed by atoms with Crippen molar-refractivity contribution in [3.8, 4) is 0 Å². The molecule has 1 N–H and O–H groups in total. The smallest absolute Gasteiger partial charge is 0.0598 e. The van der Waals surface area contributed by atoms with Crippen molar-refractivity contribution in [1.82, 2.24) is 5.32 Å². The highest BCUT2D eigenvalue weighted by Gasteiger charge is 2.19. The number of benzene rings is 1. The van der Waals surface area contributed by atoms with Crippen molar-refractivity contribution in [3.05, 3.63) is 35.9 Å². The molecule has 1 rings (SSSR count). The van der Waals surface area contributed by atoms with E-state index in [1.54, 1.807) is 0 Å². The van der Waals surface area contributed by atoms with Crippen LogP contribution in [0.4, 0.5) is 0 Å². The van der Waals surface area contributed by atoms with E-state index in [1.165, 1.54) is 5.56 Å². The van der Waals surface area contributed by atoms with Gasteiger partial charge in [-0.15, -0.1) is 0 Å². The maximum absolute atomic E-state index is 5.84. The topological polar surface area (TPSA) is 21.3 Å². The van der Waals surface area contributed by atoms with Crippen LogP contribution in [0.5, 0.6) is 0 Å². The number of hydrogen-bond donors (Lipinski definition) is 1. The first-order valence-corrected chi connectivity index (χ1v) is 7.36. The molecule has 0 fully saturated rings. The third-order valence-corrected chi connectivity index (χ3v) is 3.26. The van der Waals surface area contributed by atoms with Crippen LogP contribution >= 0.6 is 0 Å². The van der Waals surface area contributed by atoms with Gasteiger partial charge in [0.05, 0.1) is 5.60 Å². The molecule has 0 aliphatic heterocycles. The van der Waals surface area contributed by atoms with E-state index in [4.69, 9.17) is 4.74 Å². The van der Waals surface area contributed by atoms with Crippen LogP contribution in [0.15, 0.2) is 30.3 Å². The molecule has 0 heterocycles. The Labute approximate surface area is 118 Å². The highest BCUT2D eigenvalue weighted by atomic mass is 16.5. The Morgan fingerprint density at radius 2 is 1.79 bits per heavy atom. The van der Waals surface area contributed by atoms with E-state index < -0.39 is 0 Å². The molecule has 0 saturated carbocycles. The number of ether oxygens (including phenoxy) is 1. The van der Waals surface area contributed by atoms with E-state index in [1.807, 2.05) is 0 Å². The first kappa shape index (κ1) is 16.2. The van der Waals surface area contributed by atoms with Gasteiger partial charge in [0.1, 0.15) is 0 Å². The second kappa shape index (κ2) is 7.66. The lowest BCUT2D eigenvalue weighted by molar-refractivity contribution is -0.0102. The molecular formula is C17H29NO. The summed E-state index contributed by atoms with van der Waals surface area (Å²) in [6.07, 6.45) is 1.07. The van der Waals surface area contributed by atoms with E-state index in [0.717, 1.165) is 19.6 Å². The summed E-state index contributed by atoms with van der Waals surface area (Å²) in [5.41, 5.74) is 1.33. The number of hydrogen-bond acceptors (Lipinski definition) is 2. The molecule has 0 radical (unpaired) electrons. The first-order chi connectivity index (χ1) is 8.94. The van der Waals surface area contributed by atoms with Gasteiger partial charge in [0.15, 0.2) is 0 Å². The molecule has 0 saturated heterocycles. The van der Waals surface area contributed by atoms with Crippen molar-refractivity contribution in [1.29, 1.82) is 0 Å². The average molecular weight is 263 g/mol. The van der Waals surface area contributed by atoms with Crippen molar-refractivity contribution in [3.63, 3.8) is 0 Å². The molecule has 108 valence electrons. The Morgan fingerprint density at radius 1 is 1.16 bits per heavy atom. The number of nitrogens with one attached hydrogen (secondary N) is 1. The SMILES string of the molecule is CCNC(c1ccccc1)C(C)CCOC(C)(C)C. The third-order valence-electron chi connectivity index (χ3n) is 3.26. The van der Waals surface area contributed by atoms with Gasteiger partial charge in [-0.2, -0.15) is 0 Å². The molecular weight excluding hydrogens is 234 g/mol. The van der Waals surface area contributed by atoms with Gasteiger partial charge in [0.25, 0.3) is 0 Å². The molecule has 0 spiro atoms. The lowest BCUT2D eigenvalue weighted by atomic mass is 9.92. The lowest BCUT2D eigenvalue weighted by Crippen LogP contribution is -2.28. The van der Waals surface area contributed by atoms with E-state index in [2.05, 4.69) is 70.3 Å². The second-order valence-electron chi connectivity index (χ2n) is 6.17. The summed E-state index contributed by atoms with van der Waals surface area (Å²) < 4.78 is 5.84. The Kier molecular flexibility index (Phi) is 6.53. The molecule has 0 amide bonds. The predicted molar refractivity (Wildman–Crippen MR) is 82.3 cm³/mol. The van der Waals surface area contributed by atoms with Crippen LogP contribution in [-0.4, -0.2) is 18.8 Å². The van der Waals surface area contributed by atoms with Crippen molar-refractivity contribution >= 4 is 0 Å². The van der Waals surface area contributed by atoms with Crippen molar-refractivity contribution in [2.75, 3.05) is 13.2 Å². The number of rotatable bonds is 7. The molecule has 0 aliphatic rings. The Hall–Kier alpha value is -0.860. The normalized spacial score (nSPS) is 15.2. The molecule has 19 heavy (non-hydrogen) atoms. The molecule has 0 bridgehead atoms. The van der Waals surface area contributed by atoms with Gasteiger partial charge in [0, 0.05) is 12.6 Å². The summed E-state index contributed by atoms with van der Waals surface area (Å²) in [6.45, 7) is 12.6. The highest BCUT2D eigenvalue weighted by molar-refractivity contribution is 5.19. The van der Waals surface area contributed by atoms with Crippen LogP contribution in [0, 0.1) is 5.92 Å². The fourth-order valence-corrected chi connectivity index (χ4v) is 2.25. The van der Waals surface area contributed by atoms with E-state index >= 15 is 0 Å². The second-order valence-corrected chi connectivity index (χ2v) is 6.17. The zero-order valence-electron chi connectivity index (χ0n) is 13.1. The summed E-state index contributed by atoms with van der Waals surface area (Å²) in [5, 5.41) is 3.59. The summed E-state index contributed by atoms with van der Waals surface area (Å²) >= 11 is 0. The molecule has 1 aromatic carbocycles. The van der Waals surface area contributed by atoms with Crippen LogP contribution in [0.1, 0.15) is 52.6 Å². The van der Waals surface area contributed by atoms with Crippen LogP contribution in [0.3, 0.4) is 0 Å². The zero-order valence-corrected chi connectivity index (χ0v) is 13.1. The quantitative estimate of drug-likeness (QED) is 0.797. The van der Waals surface area contributed by atoms with Gasteiger partial charge >= 0.3 is 0 Å². The van der Waals surface area contributed by atoms with Crippen LogP contribution in [0.2, 0.25) is 0 Å². The largest absolute Gasteiger partial charge is 0.376 e. The first-order valence-electron chi connectivity index (χ1n) is 7.36. The maximum atomic E-state index is 5.84. The minimum atomic E-state index is -0.0415.